The summed E-state index contributed by atoms with van der Waals surface area (Å²) in [7, 11) is 4.24. The number of pyridine rings is 1. The number of aliphatic hydroxyl groups is 1. The number of benzene rings is 2. The number of aromatic nitrogens is 1. The highest BCUT2D eigenvalue weighted by Crippen LogP contribution is 2.64. The van der Waals surface area contributed by atoms with E-state index in [2.05, 4.69) is 4.98 Å². The lowest BCUT2D eigenvalue weighted by Gasteiger charge is -2.38. The topological polar surface area (TPSA) is 104 Å². The molecule has 2 bridgehead atoms. The second kappa shape index (κ2) is 7.85. The van der Waals surface area contributed by atoms with Crippen LogP contribution in [0.2, 0.25) is 0 Å². The Morgan fingerprint density at radius 3 is 2.29 bits per heavy atom. The van der Waals surface area contributed by atoms with Crippen molar-refractivity contribution in [1.82, 2.24) is 4.98 Å². The molecule has 2 aliphatic rings. The van der Waals surface area contributed by atoms with Crippen LogP contribution in [0.1, 0.15) is 22.7 Å². The first-order chi connectivity index (χ1) is 16.4. The van der Waals surface area contributed by atoms with E-state index in [4.69, 9.17) is 18.9 Å². The van der Waals surface area contributed by atoms with Crippen LogP contribution in [0.3, 0.4) is 0 Å². The van der Waals surface area contributed by atoms with Gasteiger partial charge in [-0.05, 0) is 17.7 Å². The van der Waals surface area contributed by atoms with Crippen LogP contribution in [0.25, 0.3) is 0 Å². The van der Waals surface area contributed by atoms with Crippen LogP contribution in [0.5, 0.6) is 17.2 Å². The maximum absolute atomic E-state index is 14.2. The van der Waals surface area contributed by atoms with E-state index in [-0.39, 0.29) is 11.4 Å². The highest BCUT2D eigenvalue weighted by atomic mass is 16.5. The van der Waals surface area contributed by atoms with Crippen LogP contribution in [0, 0.1) is 5.92 Å². The molecule has 1 aromatic heterocycles. The Morgan fingerprint density at radius 2 is 1.68 bits per heavy atom. The van der Waals surface area contributed by atoms with Crippen molar-refractivity contribution in [1.29, 1.82) is 0 Å². The molecule has 174 valence electrons. The molecule has 2 aromatic carbocycles. The number of esters is 1. The summed E-state index contributed by atoms with van der Waals surface area (Å²) >= 11 is 0. The van der Waals surface area contributed by atoms with Gasteiger partial charge in [0.05, 0.1) is 33.4 Å². The lowest BCUT2D eigenvalue weighted by molar-refractivity contribution is -0.163. The Balaban J connectivity index is 1.86. The molecule has 8 nitrogen and oxygen atoms in total. The standard InChI is InChI=1S/C26H23NO7/c1-31-17-11-9-16(10-12-17)26-20(15-7-5-4-6-8-15)21(23(28)33-3)25(30,24(26)29)22-19(34-26)13-18(32-2)14-27-22/h4-14,20-21,30H,1-3H3/t20?,21?,25-,26+/m1/s1. The molecular formula is C26H23NO7. The Hall–Kier alpha value is -3.91. The number of nitrogens with zero attached hydrogens (tertiary/aromatic N) is 1. The number of fused-ring (bicyclic) bond motifs is 4. The summed E-state index contributed by atoms with van der Waals surface area (Å²) in [5.74, 6) is -2.52. The first kappa shape index (κ1) is 21.9. The fourth-order valence-corrected chi connectivity index (χ4v) is 5.21. The van der Waals surface area contributed by atoms with Crippen molar-refractivity contribution < 1.29 is 33.6 Å². The molecule has 0 saturated heterocycles. The van der Waals surface area contributed by atoms with Gasteiger partial charge in [-0.2, -0.15) is 0 Å². The van der Waals surface area contributed by atoms with Crippen LogP contribution in [0.4, 0.5) is 0 Å². The average Bonchev–Trinajstić information content (AvgIpc) is 3.01. The van der Waals surface area contributed by atoms with E-state index < -0.39 is 34.8 Å². The second-order valence-corrected chi connectivity index (χ2v) is 8.27. The number of Topliss-reactive ketones (excluding diaryl/α,β-unsaturated/α-hetero) is 1. The number of carbonyl (C=O) groups is 2. The van der Waals surface area contributed by atoms with Crippen molar-refractivity contribution in [3.63, 3.8) is 0 Å². The molecule has 2 unspecified atom stereocenters. The van der Waals surface area contributed by atoms with Crippen LogP contribution in [-0.2, 0) is 25.5 Å². The van der Waals surface area contributed by atoms with Crippen molar-refractivity contribution in [2.45, 2.75) is 17.1 Å². The third kappa shape index (κ3) is 2.78. The van der Waals surface area contributed by atoms with Gasteiger partial charge in [0.2, 0.25) is 11.4 Å². The minimum Gasteiger partial charge on any atom is -0.497 e. The number of ether oxygens (including phenoxy) is 4. The predicted molar refractivity (Wildman–Crippen MR) is 120 cm³/mol. The van der Waals surface area contributed by atoms with Gasteiger partial charge in [-0.25, -0.2) is 4.98 Å². The van der Waals surface area contributed by atoms with Crippen LogP contribution >= 0.6 is 0 Å². The largest absolute Gasteiger partial charge is 0.497 e. The summed E-state index contributed by atoms with van der Waals surface area (Å²) in [5, 5.41) is 12.1. The Kier molecular flexibility index (Phi) is 5.06. The van der Waals surface area contributed by atoms with Gasteiger partial charge in [0.25, 0.3) is 0 Å². The van der Waals surface area contributed by atoms with Crippen molar-refractivity contribution in [3.05, 3.63) is 83.7 Å². The van der Waals surface area contributed by atoms with E-state index in [9.17, 15) is 14.7 Å². The van der Waals surface area contributed by atoms with Gasteiger partial charge in [-0.3, -0.25) is 9.59 Å². The lowest BCUT2D eigenvalue weighted by atomic mass is 9.75. The van der Waals surface area contributed by atoms with Crippen molar-refractivity contribution >= 4 is 11.8 Å². The molecule has 0 radical (unpaired) electrons. The molecule has 3 aromatic rings. The van der Waals surface area contributed by atoms with Crippen LogP contribution in [-0.4, -0.2) is 43.2 Å². The Bertz CT molecular complexity index is 1260. The Labute approximate surface area is 196 Å². The number of methoxy groups -OCH3 is 3. The van der Waals surface area contributed by atoms with Gasteiger partial charge in [-0.1, -0.05) is 42.5 Å². The van der Waals surface area contributed by atoms with Crippen LogP contribution < -0.4 is 14.2 Å². The minimum atomic E-state index is -2.28. The molecule has 5 rings (SSSR count). The SMILES string of the molecule is COC(=O)C1C(c2ccccc2)[C@]2(c3ccc(OC)cc3)Oc3cc(OC)cnc3[C@@]1(O)C2=O. The molecule has 1 aliphatic carbocycles. The normalized spacial score (nSPS) is 26.9. The van der Waals surface area contributed by atoms with Crippen molar-refractivity contribution in [3.8, 4) is 17.2 Å². The summed E-state index contributed by atoms with van der Waals surface area (Å²) in [4.78, 5) is 31.8. The average molecular weight is 461 g/mol. The van der Waals surface area contributed by atoms with Gasteiger partial charge in [0.15, 0.2) is 5.60 Å². The first-order valence-corrected chi connectivity index (χ1v) is 10.7. The molecule has 1 saturated carbocycles. The summed E-state index contributed by atoms with van der Waals surface area (Å²) in [6.07, 6.45) is 1.37. The van der Waals surface area contributed by atoms with Crippen molar-refractivity contribution in [2.75, 3.05) is 21.3 Å². The zero-order chi connectivity index (χ0) is 24.1. The third-order valence-electron chi connectivity index (χ3n) is 6.73. The summed E-state index contributed by atoms with van der Waals surface area (Å²) in [6, 6.07) is 17.4. The number of hydrogen-bond acceptors (Lipinski definition) is 8. The van der Waals surface area contributed by atoms with Gasteiger partial charge in [0.1, 0.15) is 28.9 Å². The molecule has 0 amide bonds. The molecular weight excluding hydrogens is 438 g/mol. The molecule has 4 atom stereocenters. The zero-order valence-electron chi connectivity index (χ0n) is 18.8. The molecule has 34 heavy (non-hydrogen) atoms. The molecule has 1 N–H and O–H groups in total. The summed E-state index contributed by atoms with van der Waals surface area (Å²) in [5.41, 5.74) is -2.96. The summed E-state index contributed by atoms with van der Waals surface area (Å²) < 4.78 is 22.2. The molecule has 8 heteroatoms. The number of hydrogen-bond donors (Lipinski definition) is 1. The highest BCUT2D eigenvalue weighted by Gasteiger charge is 2.77. The van der Waals surface area contributed by atoms with Crippen LogP contribution in [0.15, 0.2) is 66.9 Å². The van der Waals surface area contributed by atoms with E-state index in [1.807, 2.05) is 6.07 Å². The van der Waals surface area contributed by atoms with Crippen molar-refractivity contribution in [2.24, 2.45) is 5.92 Å². The van der Waals surface area contributed by atoms with E-state index in [0.29, 0.717) is 22.6 Å². The number of carbonyl (C=O) groups excluding carboxylic acids is 2. The highest BCUT2D eigenvalue weighted by molar-refractivity contribution is 6.06. The van der Waals surface area contributed by atoms with E-state index in [1.165, 1.54) is 27.5 Å². The summed E-state index contributed by atoms with van der Waals surface area (Å²) in [6.45, 7) is 0. The number of rotatable bonds is 5. The van der Waals surface area contributed by atoms with E-state index in [1.54, 1.807) is 54.6 Å². The second-order valence-electron chi connectivity index (χ2n) is 8.27. The van der Waals surface area contributed by atoms with Gasteiger partial charge >= 0.3 is 5.97 Å². The third-order valence-corrected chi connectivity index (χ3v) is 6.73. The fraction of sp³-hybridized carbons (Fsp3) is 0.269. The molecule has 1 aliphatic heterocycles. The minimum absolute atomic E-state index is 0.0451. The van der Waals surface area contributed by atoms with E-state index >= 15 is 0 Å². The van der Waals surface area contributed by atoms with E-state index in [0.717, 1.165) is 0 Å². The predicted octanol–water partition coefficient (Wildman–Crippen LogP) is 2.73. The first-order valence-electron chi connectivity index (χ1n) is 10.7. The maximum Gasteiger partial charge on any atom is 0.313 e. The van der Waals surface area contributed by atoms with Gasteiger partial charge in [0, 0.05) is 11.6 Å². The monoisotopic (exact) mass is 461 g/mol. The van der Waals surface area contributed by atoms with Gasteiger partial charge in [-0.15, -0.1) is 0 Å². The molecule has 1 fully saturated rings. The quantitative estimate of drug-likeness (QED) is 0.579. The lowest BCUT2D eigenvalue weighted by Crippen LogP contribution is -2.51. The number of ketones is 1. The van der Waals surface area contributed by atoms with Gasteiger partial charge < -0.3 is 24.1 Å². The zero-order valence-corrected chi connectivity index (χ0v) is 18.8. The molecule has 2 heterocycles. The maximum atomic E-state index is 14.2. The Morgan fingerprint density at radius 1 is 1.00 bits per heavy atom. The fourth-order valence-electron chi connectivity index (χ4n) is 5.21. The smallest absolute Gasteiger partial charge is 0.313 e. The molecule has 0 spiro atoms.